The molecule has 1 fully saturated rings. The van der Waals surface area contributed by atoms with Crippen LogP contribution in [0.15, 0.2) is 0 Å². The van der Waals surface area contributed by atoms with Crippen LogP contribution in [0.2, 0.25) is 0 Å². The van der Waals surface area contributed by atoms with Crippen molar-refractivity contribution in [3.63, 3.8) is 0 Å². The summed E-state index contributed by atoms with van der Waals surface area (Å²) >= 11 is 0. The second-order valence-corrected chi connectivity index (χ2v) is 3.03. The molecule has 0 bridgehead atoms. The third kappa shape index (κ3) is 1.94. The van der Waals surface area contributed by atoms with Crippen LogP contribution < -0.4 is 0 Å². The fourth-order valence-corrected chi connectivity index (χ4v) is 1.20. The molecule has 1 aliphatic rings. The van der Waals surface area contributed by atoms with Crippen LogP contribution in [0.4, 0.5) is 0 Å². The van der Waals surface area contributed by atoms with E-state index in [9.17, 15) is 10.2 Å². The van der Waals surface area contributed by atoms with Crippen molar-refractivity contribution >= 4 is 0 Å². The van der Waals surface area contributed by atoms with Crippen LogP contribution in [0, 0.1) is 5.92 Å². The molecule has 12 heavy (non-hydrogen) atoms. The van der Waals surface area contributed by atoms with Crippen LogP contribution >= 0.6 is 0 Å². The zero-order chi connectivity index (χ0) is 9.14. The molecule has 4 unspecified atom stereocenters. The maximum Gasteiger partial charge on any atom is 0.108 e. The molecule has 1 saturated heterocycles. The van der Waals surface area contributed by atoms with Gasteiger partial charge in [0.25, 0.3) is 0 Å². The summed E-state index contributed by atoms with van der Waals surface area (Å²) < 4.78 is 4.92. The van der Waals surface area contributed by atoms with Gasteiger partial charge in [0.1, 0.15) is 12.2 Å². The number of aliphatic hydroxyl groups excluding tert-OH is 4. The third-order valence-electron chi connectivity index (χ3n) is 2.08. The smallest absolute Gasteiger partial charge is 0.108 e. The van der Waals surface area contributed by atoms with E-state index >= 15 is 0 Å². The Labute approximate surface area is 70.2 Å². The molecule has 1 aliphatic heterocycles. The number of ether oxygens (including phenoxy) is 1. The summed E-state index contributed by atoms with van der Waals surface area (Å²) in [4.78, 5) is 0. The summed E-state index contributed by atoms with van der Waals surface area (Å²) in [6.45, 7) is -0.106. The molecule has 0 aromatic heterocycles. The van der Waals surface area contributed by atoms with E-state index in [0.717, 1.165) is 0 Å². The van der Waals surface area contributed by atoms with E-state index in [0.29, 0.717) is 0 Å². The lowest BCUT2D eigenvalue weighted by molar-refractivity contribution is -0.0758. The lowest BCUT2D eigenvalue weighted by Gasteiger charge is -2.22. The van der Waals surface area contributed by atoms with Gasteiger partial charge in [0.15, 0.2) is 0 Å². The zero-order valence-electron chi connectivity index (χ0n) is 6.63. The van der Waals surface area contributed by atoms with Gasteiger partial charge in [-0.3, -0.25) is 0 Å². The van der Waals surface area contributed by atoms with Crippen LogP contribution in [-0.2, 0) is 4.74 Å². The molecule has 72 valence electrons. The molecule has 0 aliphatic carbocycles. The maximum absolute atomic E-state index is 9.34. The van der Waals surface area contributed by atoms with Crippen molar-refractivity contribution in [1.82, 2.24) is 0 Å². The van der Waals surface area contributed by atoms with Crippen molar-refractivity contribution in [2.75, 3.05) is 19.8 Å². The highest BCUT2D eigenvalue weighted by Gasteiger charge is 2.34. The highest BCUT2D eigenvalue weighted by Crippen LogP contribution is 2.15. The SMILES string of the molecule is OCC1COCC(O)C(O)C1O. The molecule has 0 aromatic rings. The third-order valence-corrected chi connectivity index (χ3v) is 2.08. The summed E-state index contributed by atoms with van der Waals surface area (Å²) in [5, 5.41) is 36.5. The van der Waals surface area contributed by atoms with Crippen LogP contribution in [0.25, 0.3) is 0 Å². The summed E-state index contributed by atoms with van der Waals surface area (Å²) in [5.74, 6) is -0.517. The standard InChI is InChI=1S/C7H14O5/c8-1-4-2-12-3-5(9)7(11)6(4)10/h4-11H,1-3H2. The number of aliphatic hydroxyl groups is 4. The monoisotopic (exact) mass is 178 g/mol. The van der Waals surface area contributed by atoms with Gasteiger partial charge >= 0.3 is 0 Å². The molecule has 1 rings (SSSR count). The van der Waals surface area contributed by atoms with Gasteiger partial charge in [0.05, 0.1) is 25.9 Å². The largest absolute Gasteiger partial charge is 0.396 e. The first-order chi connectivity index (χ1) is 5.66. The van der Waals surface area contributed by atoms with Crippen molar-refractivity contribution in [2.45, 2.75) is 18.3 Å². The lowest BCUT2D eigenvalue weighted by atomic mass is 9.98. The van der Waals surface area contributed by atoms with Crippen molar-refractivity contribution in [3.8, 4) is 0 Å². The molecular formula is C7H14O5. The van der Waals surface area contributed by atoms with Gasteiger partial charge in [-0.1, -0.05) is 0 Å². The van der Waals surface area contributed by atoms with Crippen molar-refractivity contribution < 1.29 is 25.2 Å². The fraction of sp³-hybridized carbons (Fsp3) is 1.00. The molecule has 0 amide bonds. The van der Waals surface area contributed by atoms with Gasteiger partial charge in [-0.05, 0) is 0 Å². The van der Waals surface area contributed by atoms with Crippen molar-refractivity contribution in [1.29, 1.82) is 0 Å². The molecule has 4 N–H and O–H groups in total. The van der Waals surface area contributed by atoms with Crippen molar-refractivity contribution in [2.24, 2.45) is 5.92 Å². The minimum Gasteiger partial charge on any atom is -0.396 e. The second-order valence-electron chi connectivity index (χ2n) is 3.03. The highest BCUT2D eigenvalue weighted by molar-refractivity contribution is 4.83. The van der Waals surface area contributed by atoms with Gasteiger partial charge in [-0.25, -0.2) is 0 Å². The van der Waals surface area contributed by atoms with Gasteiger partial charge in [-0.15, -0.1) is 0 Å². The maximum atomic E-state index is 9.34. The topological polar surface area (TPSA) is 90.2 Å². The minimum absolute atomic E-state index is 0.00523. The Balaban J connectivity index is 2.59. The quantitative estimate of drug-likeness (QED) is 0.363. The number of rotatable bonds is 1. The average Bonchev–Trinajstić information content (AvgIpc) is 2.19. The Hall–Kier alpha value is -0.200. The Kier molecular flexibility index (Phi) is 3.42. The molecule has 0 saturated carbocycles. The summed E-state index contributed by atoms with van der Waals surface area (Å²) in [7, 11) is 0. The molecule has 5 nitrogen and oxygen atoms in total. The van der Waals surface area contributed by atoms with E-state index in [4.69, 9.17) is 14.9 Å². The second kappa shape index (κ2) is 4.15. The summed E-state index contributed by atoms with van der Waals surface area (Å²) in [6, 6.07) is 0. The molecule has 5 heteroatoms. The molecule has 4 atom stereocenters. The molecule has 1 heterocycles. The Morgan fingerprint density at radius 3 is 2.33 bits per heavy atom. The van der Waals surface area contributed by atoms with Crippen molar-refractivity contribution in [3.05, 3.63) is 0 Å². The van der Waals surface area contributed by atoms with E-state index in [2.05, 4.69) is 0 Å². The first-order valence-electron chi connectivity index (χ1n) is 3.89. The van der Waals surface area contributed by atoms with Crippen LogP contribution in [0.1, 0.15) is 0 Å². The number of hydrogen-bond donors (Lipinski definition) is 4. The van der Waals surface area contributed by atoms with Crippen LogP contribution in [0.3, 0.4) is 0 Å². The molecule has 0 radical (unpaired) electrons. The van der Waals surface area contributed by atoms with E-state index in [1.54, 1.807) is 0 Å². The van der Waals surface area contributed by atoms with Gasteiger partial charge in [0.2, 0.25) is 0 Å². The molecule has 0 aromatic carbocycles. The number of hydrogen-bond acceptors (Lipinski definition) is 5. The van der Waals surface area contributed by atoms with E-state index in [-0.39, 0.29) is 19.8 Å². The van der Waals surface area contributed by atoms with Gasteiger partial charge < -0.3 is 25.2 Å². The predicted molar refractivity (Wildman–Crippen MR) is 39.4 cm³/mol. The van der Waals surface area contributed by atoms with Crippen LogP contribution in [-0.4, -0.2) is 58.6 Å². The van der Waals surface area contributed by atoms with Gasteiger partial charge in [-0.2, -0.15) is 0 Å². The Morgan fingerprint density at radius 1 is 1.08 bits per heavy atom. The summed E-state index contributed by atoms with van der Waals surface area (Å²) in [6.07, 6.45) is -3.42. The zero-order valence-corrected chi connectivity index (χ0v) is 6.63. The lowest BCUT2D eigenvalue weighted by Crippen LogP contribution is -2.42. The minimum atomic E-state index is -1.23. The fourth-order valence-electron chi connectivity index (χ4n) is 1.20. The van der Waals surface area contributed by atoms with E-state index in [1.807, 2.05) is 0 Å². The van der Waals surface area contributed by atoms with Gasteiger partial charge in [0, 0.05) is 5.92 Å². The Bertz CT molecular complexity index is 138. The van der Waals surface area contributed by atoms with E-state index < -0.39 is 24.2 Å². The summed E-state index contributed by atoms with van der Waals surface area (Å²) in [5.41, 5.74) is 0. The molecular weight excluding hydrogens is 164 g/mol. The van der Waals surface area contributed by atoms with Crippen LogP contribution in [0.5, 0.6) is 0 Å². The predicted octanol–water partition coefficient (Wildman–Crippen LogP) is -2.29. The molecule has 0 spiro atoms. The van der Waals surface area contributed by atoms with E-state index in [1.165, 1.54) is 0 Å². The average molecular weight is 178 g/mol. The Morgan fingerprint density at radius 2 is 1.75 bits per heavy atom. The highest BCUT2D eigenvalue weighted by atomic mass is 16.5. The normalized spacial score (nSPS) is 44.0. The first-order valence-corrected chi connectivity index (χ1v) is 3.89. The first kappa shape index (κ1) is 9.88.